The Morgan fingerprint density at radius 3 is 2.50 bits per heavy atom. The maximum Gasteiger partial charge on any atom is 0.274 e. The van der Waals surface area contributed by atoms with Crippen molar-refractivity contribution in [3.05, 3.63) is 66.6 Å². The lowest BCUT2D eigenvalue weighted by molar-refractivity contribution is 0.102. The van der Waals surface area contributed by atoms with Gasteiger partial charge in [-0.25, -0.2) is 9.97 Å². The SMILES string of the molecule is COc1ccc(NC(=O)c2cc(Nc3ccccc3OC(C)C)ncn2)cc1. The second kappa shape index (κ2) is 8.85. The minimum atomic E-state index is -0.331. The fourth-order valence-electron chi connectivity index (χ4n) is 2.48. The fraction of sp³-hybridized carbons (Fsp3) is 0.190. The molecular weight excluding hydrogens is 356 g/mol. The van der Waals surface area contributed by atoms with Crippen molar-refractivity contribution in [3.63, 3.8) is 0 Å². The van der Waals surface area contributed by atoms with E-state index >= 15 is 0 Å². The second-order valence-corrected chi connectivity index (χ2v) is 6.26. The van der Waals surface area contributed by atoms with Crippen molar-refractivity contribution >= 4 is 23.1 Å². The highest BCUT2D eigenvalue weighted by atomic mass is 16.5. The Hall–Kier alpha value is -3.61. The summed E-state index contributed by atoms with van der Waals surface area (Å²) in [5.41, 5.74) is 1.65. The molecule has 2 aromatic carbocycles. The monoisotopic (exact) mass is 378 g/mol. The number of amides is 1. The maximum absolute atomic E-state index is 12.5. The van der Waals surface area contributed by atoms with Crippen LogP contribution in [0.4, 0.5) is 17.2 Å². The number of ether oxygens (including phenoxy) is 2. The number of carbonyl (C=O) groups is 1. The van der Waals surface area contributed by atoms with Crippen LogP contribution in [0.25, 0.3) is 0 Å². The van der Waals surface area contributed by atoms with Gasteiger partial charge in [-0.1, -0.05) is 12.1 Å². The van der Waals surface area contributed by atoms with E-state index in [2.05, 4.69) is 20.6 Å². The van der Waals surface area contributed by atoms with Crippen molar-refractivity contribution in [1.29, 1.82) is 0 Å². The minimum absolute atomic E-state index is 0.0409. The van der Waals surface area contributed by atoms with Crippen LogP contribution < -0.4 is 20.1 Å². The van der Waals surface area contributed by atoms with Gasteiger partial charge in [-0.2, -0.15) is 0 Å². The van der Waals surface area contributed by atoms with Gasteiger partial charge in [0.2, 0.25) is 0 Å². The Morgan fingerprint density at radius 2 is 1.79 bits per heavy atom. The molecule has 0 aliphatic carbocycles. The zero-order valence-electron chi connectivity index (χ0n) is 16.0. The Bertz CT molecular complexity index is 942. The quantitative estimate of drug-likeness (QED) is 0.639. The molecule has 0 unspecified atom stereocenters. The lowest BCUT2D eigenvalue weighted by Crippen LogP contribution is -2.14. The van der Waals surface area contributed by atoms with Gasteiger partial charge in [-0.3, -0.25) is 4.79 Å². The van der Waals surface area contributed by atoms with E-state index in [1.807, 2.05) is 38.1 Å². The van der Waals surface area contributed by atoms with Gasteiger partial charge in [0.05, 0.1) is 18.9 Å². The minimum Gasteiger partial charge on any atom is -0.497 e. The van der Waals surface area contributed by atoms with Gasteiger partial charge in [0.25, 0.3) is 5.91 Å². The number of hydrogen-bond acceptors (Lipinski definition) is 6. The number of hydrogen-bond donors (Lipinski definition) is 2. The molecule has 0 saturated carbocycles. The normalized spacial score (nSPS) is 10.4. The third-order valence-electron chi connectivity index (χ3n) is 3.76. The molecule has 2 N–H and O–H groups in total. The molecular formula is C21H22N4O3. The summed E-state index contributed by atoms with van der Waals surface area (Å²) < 4.78 is 10.9. The molecule has 1 amide bonds. The molecule has 1 heterocycles. The number of benzene rings is 2. The summed E-state index contributed by atoms with van der Waals surface area (Å²) in [7, 11) is 1.59. The van der Waals surface area contributed by atoms with E-state index in [1.165, 1.54) is 6.33 Å². The van der Waals surface area contributed by atoms with Gasteiger partial charge in [0.15, 0.2) is 0 Å². The predicted octanol–water partition coefficient (Wildman–Crippen LogP) is 4.27. The summed E-state index contributed by atoms with van der Waals surface area (Å²) in [4.78, 5) is 20.8. The molecule has 3 aromatic rings. The zero-order valence-corrected chi connectivity index (χ0v) is 16.0. The van der Waals surface area contributed by atoms with Crippen molar-refractivity contribution in [2.75, 3.05) is 17.7 Å². The highest BCUT2D eigenvalue weighted by Gasteiger charge is 2.11. The standard InChI is InChI=1S/C21H22N4O3/c1-14(2)28-19-7-5-4-6-17(19)25-20-12-18(22-13-23-20)21(26)24-15-8-10-16(27-3)11-9-15/h4-14H,1-3H3,(H,24,26)(H,22,23,25). The fourth-order valence-corrected chi connectivity index (χ4v) is 2.48. The van der Waals surface area contributed by atoms with Crippen molar-refractivity contribution in [2.24, 2.45) is 0 Å². The summed E-state index contributed by atoms with van der Waals surface area (Å²) in [6.45, 7) is 3.92. The first kappa shape index (κ1) is 19.2. The van der Waals surface area contributed by atoms with Crippen LogP contribution in [0.1, 0.15) is 24.3 Å². The molecule has 0 aliphatic heterocycles. The van der Waals surface area contributed by atoms with Crippen molar-refractivity contribution in [3.8, 4) is 11.5 Å². The largest absolute Gasteiger partial charge is 0.497 e. The van der Waals surface area contributed by atoms with E-state index < -0.39 is 0 Å². The third kappa shape index (κ3) is 4.97. The summed E-state index contributed by atoms with van der Waals surface area (Å²) in [5, 5.41) is 5.98. The Morgan fingerprint density at radius 1 is 1.04 bits per heavy atom. The van der Waals surface area contributed by atoms with Gasteiger partial charge >= 0.3 is 0 Å². The molecule has 3 rings (SSSR count). The molecule has 7 nitrogen and oxygen atoms in total. The zero-order chi connectivity index (χ0) is 19.9. The smallest absolute Gasteiger partial charge is 0.274 e. The summed E-state index contributed by atoms with van der Waals surface area (Å²) in [6, 6.07) is 16.2. The molecule has 0 fully saturated rings. The van der Waals surface area contributed by atoms with Gasteiger partial charge in [-0.15, -0.1) is 0 Å². The number of nitrogens with zero attached hydrogens (tertiary/aromatic N) is 2. The molecule has 144 valence electrons. The number of anilines is 3. The average molecular weight is 378 g/mol. The second-order valence-electron chi connectivity index (χ2n) is 6.26. The van der Waals surface area contributed by atoms with Crippen LogP contribution in [-0.4, -0.2) is 29.1 Å². The molecule has 0 bridgehead atoms. The Kier molecular flexibility index (Phi) is 6.06. The van der Waals surface area contributed by atoms with E-state index in [9.17, 15) is 4.79 Å². The van der Waals surface area contributed by atoms with Gasteiger partial charge in [0.1, 0.15) is 29.3 Å². The highest BCUT2D eigenvalue weighted by Crippen LogP contribution is 2.27. The van der Waals surface area contributed by atoms with Gasteiger partial charge < -0.3 is 20.1 Å². The molecule has 0 saturated heterocycles. The van der Waals surface area contributed by atoms with Crippen LogP contribution in [0.2, 0.25) is 0 Å². The number of nitrogens with one attached hydrogen (secondary N) is 2. The number of rotatable bonds is 7. The van der Waals surface area contributed by atoms with E-state index in [4.69, 9.17) is 9.47 Å². The lowest BCUT2D eigenvalue weighted by atomic mass is 10.2. The van der Waals surface area contributed by atoms with Crippen molar-refractivity contribution in [1.82, 2.24) is 9.97 Å². The number of aromatic nitrogens is 2. The highest BCUT2D eigenvalue weighted by molar-refractivity contribution is 6.03. The van der Waals surface area contributed by atoms with Crippen LogP contribution >= 0.6 is 0 Å². The predicted molar refractivity (Wildman–Crippen MR) is 108 cm³/mol. The summed E-state index contributed by atoms with van der Waals surface area (Å²) in [5.74, 6) is 1.59. The third-order valence-corrected chi connectivity index (χ3v) is 3.76. The summed E-state index contributed by atoms with van der Waals surface area (Å²) in [6.07, 6.45) is 1.39. The molecule has 0 radical (unpaired) electrons. The van der Waals surface area contributed by atoms with Crippen molar-refractivity contribution in [2.45, 2.75) is 20.0 Å². The molecule has 0 atom stereocenters. The average Bonchev–Trinajstić information content (AvgIpc) is 2.70. The molecule has 7 heteroatoms. The first-order chi connectivity index (χ1) is 13.5. The van der Waals surface area contributed by atoms with Crippen LogP contribution in [0.3, 0.4) is 0 Å². The van der Waals surface area contributed by atoms with Crippen molar-refractivity contribution < 1.29 is 14.3 Å². The number of methoxy groups -OCH3 is 1. The van der Waals surface area contributed by atoms with E-state index in [1.54, 1.807) is 37.4 Å². The molecule has 28 heavy (non-hydrogen) atoms. The molecule has 0 spiro atoms. The molecule has 1 aromatic heterocycles. The van der Waals surface area contributed by atoms with Gasteiger partial charge in [0, 0.05) is 11.8 Å². The topological polar surface area (TPSA) is 85.4 Å². The van der Waals surface area contributed by atoms with Crippen LogP contribution in [0, 0.1) is 0 Å². The Balaban J connectivity index is 1.74. The van der Waals surface area contributed by atoms with Gasteiger partial charge in [-0.05, 0) is 50.2 Å². The van der Waals surface area contributed by atoms with Crippen LogP contribution in [0.15, 0.2) is 60.9 Å². The summed E-state index contributed by atoms with van der Waals surface area (Å²) >= 11 is 0. The Labute approximate surface area is 163 Å². The van der Waals surface area contributed by atoms with Crippen LogP contribution in [0.5, 0.6) is 11.5 Å². The number of carbonyl (C=O) groups excluding carboxylic acids is 1. The van der Waals surface area contributed by atoms with E-state index in [0.29, 0.717) is 23.0 Å². The number of para-hydroxylation sites is 2. The first-order valence-electron chi connectivity index (χ1n) is 8.85. The molecule has 0 aliphatic rings. The lowest BCUT2D eigenvalue weighted by Gasteiger charge is -2.15. The first-order valence-corrected chi connectivity index (χ1v) is 8.85. The van der Waals surface area contributed by atoms with E-state index in [0.717, 1.165) is 5.69 Å². The maximum atomic E-state index is 12.5. The van der Waals surface area contributed by atoms with Crippen LogP contribution in [-0.2, 0) is 0 Å². The van der Waals surface area contributed by atoms with E-state index in [-0.39, 0.29) is 17.7 Å².